The summed E-state index contributed by atoms with van der Waals surface area (Å²) in [5, 5.41) is 3.50. The second kappa shape index (κ2) is 12.3. The van der Waals surface area contributed by atoms with E-state index in [0.717, 1.165) is 67.9 Å². The third-order valence-corrected chi connectivity index (χ3v) is 11.0. The van der Waals surface area contributed by atoms with Gasteiger partial charge in [0.2, 0.25) is 0 Å². The molecule has 1 unspecified atom stereocenters. The molecule has 0 saturated carbocycles. The fraction of sp³-hybridized carbons (Fsp3) is 0.0400. The van der Waals surface area contributed by atoms with E-state index in [1.807, 2.05) is 12.1 Å². The van der Waals surface area contributed by atoms with Gasteiger partial charge in [-0.1, -0.05) is 152 Å². The maximum absolute atomic E-state index is 6.93. The van der Waals surface area contributed by atoms with E-state index in [0.29, 0.717) is 5.82 Å². The lowest BCUT2D eigenvalue weighted by molar-refractivity contribution is 0.426. The molecule has 2 aromatic heterocycles. The minimum atomic E-state index is 0.0217. The zero-order valence-electron chi connectivity index (χ0n) is 29.4. The molecular weight excluding hydrogens is 659 g/mol. The Morgan fingerprint density at radius 1 is 0.519 bits per heavy atom. The van der Waals surface area contributed by atoms with E-state index >= 15 is 0 Å². The van der Waals surface area contributed by atoms with Crippen LogP contribution in [0.2, 0.25) is 0 Å². The van der Waals surface area contributed by atoms with Gasteiger partial charge in [0, 0.05) is 32.8 Å². The molecule has 2 aliphatic rings. The molecule has 1 atom stereocenters. The lowest BCUT2D eigenvalue weighted by atomic mass is 9.87. The van der Waals surface area contributed by atoms with E-state index in [1.165, 1.54) is 33.0 Å². The van der Waals surface area contributed by atoms with E-state index < -0.39 is 0 Å². The summed E-state index contributed by atoms with van der Waals surface area (Å²) < 4.78 is 9.32. The Balaban J connectivity index is 1.07. The predicted molar refractivity (Wildman–Crippen MR) is 221 cm³/mol. The highest BCUT2D eigenvalue weighted by molar-refractivity contribution is 6.16. The molecule has 11 rings (SSSR count). The van der Waals surface area contributed by atoms with Gasteiger partial charge >= 0.3 is 0 Å². The number of rotatable bonds is 5. The maximum Gasteiger partial charge on any atom is 0.160 e. The topological polar surface area (TPSA) is 39.9 Å². The van der Waals surface area contributed by atoms with Crippen molar-refractivity contribution in [3.8, 4) is 50.6 Å². The second-order valence-corrected chi connectivity index (χ2v) is 14.0. The van der Waals surface area contributed by atoms with Crippen molar-refractivity contribution in [3.63, 3.8) is 0 Å². The van der Waals surface area contributed by atoms with Crippen LogP contribution >= 0.6 is 0 Å². The zero-order valence-corrected chi connectivity index (χ0v) is 29.4. The first-order valence-electron chi connectivity index (χ1n) is 18.5. The lowest BCUT2D eigenvalue weighted by Gasteiger charge is -2.20. The van der Waals surface area contributed by atoms with Crippen LogP contribution in [0.3, 0.4) is 0 Å². The van der Waals surface area contributed by atoms with E-state index in [4.69, 9.17) is 14.7 Å². The number of ether oxygens (including phenoxy) is 1. The summed E-state index contributed by atoms with van der Waals surface area (Å²) in [4.78, 5) is 10.5. The van der Waals surface area contributed by atoms with Gasteiger partial charge in [0.15, 0.2) is 5.82 Å². The van der Waals surface area contributed by atoms with Gasteiger partial charge in [-0.25, -0.2) is 9.97 Å². The molecule has 254 valence electrons. The molecule has 4 nitrogen and oxygen atoms in total. The number of benzene rings is 7. The van der Waals surface area contributed by atoms with Crippen LogP contribution in [0.25, 0.3) is 83.3 Å². The molecule has 1 aliphatic heterocycles. The fourth-order valence-corrected chi connectivity index (χ4v) is 8.55. The van der Waals surface area contributed by atoms with Crippen LogP contribution in [0.15, 0.2) is 188 Å². The summed E-state index contributed by atoms with van der Waals surface area (Å²) in [5.41, 5.74) is 13.2. The summed E-state index contributed by atoms with van der Waals surface area (Å²) >= 11 is 0. The van der Waals surface area contributed by atoms with Crippen LogP contribution in [-0.4, -0.2) is 14.5 Å². The number of para-hydroxylation sites is 2. The molecule has 0 radical (unpaired) electrons. The number of hydrogen-bond donors (Lipinski definition) is 0. The van der Waals surface area contributed by atoms with Crippen LogP contribution in [-0.2, 0) is 0 Å². The van der Waals surface area contributed by atoms with Gasteiger partial charge in [-0.3, -0.25) is 0 Å². The van der Waals surface area contributed by atoms with Crippen molar-refractivity contribution >= 4 is 38.4 Å². The van der Waals surface area contributed by atoms with Gasteiger partial charge < -0.3 is 9.30 Å². The van der Waals surface area contributed by atoms with Crippen molar-refractivity contribution in [2.45, 2.75) is 12.3 Å². The number of nitrogens with zero attached hydrogens (tertiary/aromatic N) is 3. The van der Waals surface area contributed by atoms with Crippen LogP contribution in [0, 0.1) is 0 Å². The Morgan fingerprint density at radius 2 is 1.17 bits per heavy atom. The molecule has 0 amide bonds. The van der Waals surface area contributed by atoms with Gasteiger partial charge in [-0.15, -0.1) is 0 Å². The molecule has 7 aromatic carbocycles. The zero-order chi connectivity index (χ0) is 35.6. The minimum Gasteiger partial charge on any atom is -0.459 e. The lowest BCUT2D eigenvalue weighted by Crippen LogP contribution is -2.10. The summed E-state index contributed by atoms with van der Waals surface area (Å²) in [6.45, 7) is 0. The van der Waals surface area contributed by atoms with E-state index in [-0.39, 0.29) is 5.92 Å². The second-order valence-electron chi connectivity index (χ2n) is 14.0. The molecule has 0 saturated heterocycles. The Kier molecular flexibility index (Phi) is 6.96. The first-order chi connectivity index (χ1) is 26.8. The number of hydrogen-bond acceptors (Lipinski definition) is 3. The van der Waals surface area contributed by atoms with E-state index in [9.17, 15) is 0 Å². The van der Waals surface area contributed by atoms with Crippen LogP contribution in [0.1, 0.15) is 17.9 Å². The SMILES string of the molecule is C1=CC(n2c3ccccc3c3c(-c4ccccc4)cccc32)=C2Oc3cccc(-c4nc(-c5ccc(-c6ccccc6)cc5)c5ccccc5n4)c3C2C1. The molecule has 0 spiro atoms. The smallest absolute Gasteiger partial charge is 0.160 e. The van der Waals surface area contributed by atoms with Crippen LogP contribution in [0.4, 0.5) is 0 Å². The summed E-state index contributed by atoms with van der Waals surface area (Å²) in [6, 6.07) is 59.8. The molecule has 0 fully saturated rings. The first-order valence-corrected chi connectivity index (χ1v) is 18.5. The van der Waals surface area contributed by atoms with Gasteiger partial charge in [-0.05, 0) is 59.0 Å². The third-order valence-electron chi connectivity index (χ3n) is 11.0. The summed E-state index contributed by atoms with van der Waals surface area (Å²) in [5.74, 6) is 2.56. The highest BCUT2D eigenvalue weighted by Crippen LogP contribution is 2.52. The standard InChI is InChI=1S/C50H33N3O/c1-3-14-32(15-4-1)33-28-30-35(31-29-33)48-37-18-7-9-23-41(37)51-50(52-48)40-22-13-27-45-47(40)39-21-12-26-44(49(39)54-45)53-42-24-10-8-19-38(42)46-36(20-11-25-43(46)53)34-16-5-2-6-17-34/h1-20,22-31,39H,21H2. The average Bonchev–Trinajstić information content (AvgIpc) is 3.80. The summed E-state index contributed by atoms with van der Waals surface area (Å²) in [7, 11) is 0. The van der Waals surface area contributed by atoms with Crippen molar-refractivity contribution in [2.24, 2.45) is 0 Å². The Labute approximate surface area is 313 Å². The highest BCUT2D eigenvalue weighted by atomic mass is 16.5. The Hall–Kier alpha value is -7.04. The van der Waals surface area contributed by atoms with Crippen molar-refractivity contribution < 1.29 is 4.74 Å². The maximum atomic E-state index is 6.93. The van der Waals surface area contributed by atoms with Crippen LogP contribution in [0.5, 0.6) is 5.75 Å². The molecule has 54 heavy (non-hydrogen) atoms. The third kappa shape index (κ3) is 4.77. The van der Waals surface area contributed by atoms with Crippen molar-refractivity contribution in [1.29, 1.82) is 0 Å². The van der Waals surface area contributed by atoms with Crippen molar-refractivity contribution in [2.75, 3.05) is 0 Å². The minimum absolute atomic E-state index is 0.0217. The molecule has 3 heterocycles. The molecule has 0 N–H and O–H groups in total. The Bertz CT molecular complexity index is 2980. The van der Waals surface area contributed by atoms with Gasteiger partial charge in [0.05, 0.1) is 33.9 Å². The Morgan fingerprint density at radius 3 is 2.00 bits per heavy atom. The molecule has 0 bridgehead atoms. The van der Waals surface area contributed by atoms with Crippen molar-refractivity contribution in [3.05, 3.63) is 193 Å². The normalized spacial score (nSPS) is 14.8. The highest BCUT2D eigenvalue weighted by Gasteiger charge is 2.37. The van der Waals surface area contributed by atoms with E-state index in [1.54, 1.807) is 0 Å². The largest absolute Gasteiger partial charge is 0.459 e. The fourth-order valence-electron chi connectivity index (χ4n) is 8.55. The first kappa shape index (κ1) is 30.6. The molecule has 4 heteroatoms. The number of aromatic nitrogens is 3. The van der Waals surface area contributed by atoms with Crippen LogP contribution < -0.4 is 4.74 Å². The predicted octanol–water partition coefficient (Wildman–Crippen LogP) is 12.7. The molecular formula is C50H33N3O. The average molecular weight is 692 g/mol. The van der Waals surface area contributed by atoms with Crippen molar-refractivity contribution in [1.82, 2.24) is 14.5 Å². The van der Waals surface area contributed by atoms with Gasteiger partial charge in [0.25, 0.3) is 0 Å². The molecule has 1 aliphatic carbocycles. The molecule has 9 aromatic rings. The summed E-state index contributed by atoms with van der Waals surface area (Å²) in [6.07, 6.45) is 5.36. The van der Waals surface area contributed by atoms with E-state index in [2.05, 4.69) is 174 Å². The quantitative estimate of drug-likeness (QED) is 0.180. The van der Waals surface area contributed by atoms with Gasteiger partial charge in [0.1, 0.15) is 11.5 Å². The number of allylic oxidation sites excluding steroid dienone is 4. The van der Waals surface area contributed by atoms with Gasteiger partial charge in [-0.2, -0.15) is 0 Å². The monoisotopic (exact) mass is 691 g/mol. The number of fused-ring (bicyclic) bond motifs is 7.